The van der Waals surface area contributed by atoms with Crippen molar-refractivity contribution in [3.05, 3.63) is 22.4 Å². The summed E-state index contributed by atoms with van der Waals surface area (Å²) in [6, 6.07) is 5.24. The van der Waals surface area contributed by atoms with E-state index in [4.69, 9.17) is 4.43 Å². The van der Waals surface area contributed by atoms with Crippen molar-refractivity contribution in [3.63, 3.8) is 0 Å². The third-order valence-corrected chi connectivity index (χ3v) is 4.52. The van der Waals surface area contributed by atoms with Gasteiger partial charge in [0.1, 0.15) is 0 Å². The van der Waals surface area contributed by atoms with Gasteiger partial charge in [-0.3, -0.25) is 11.3 Å². The van der Waals surface area contributed by atoms with Gasteiger partial charge in [-0.15, -0.1) is 10.3 Å². The molecule has 4 heteroatoms. The fraction of sp³-hybridized carbons (Fsp3) is 0.714. The zero-order valence-electron chi connectivity index (χ0n) is 12.6. The smallest absolute Gasteiger partial charge is 0.426 e. The first-order chi connectivity index (χ1) is 8.03. The van der Waals surface area contributed by atoms with Crippen LogP contribution in [0.5, 0.6) is 0 Å². The second-order valence-electron chi connectivity index (χ2n) is 5.52. The minimum atomic E-state index is -1.45. The van der Waals surface area contributed by atoms with Crippen LogP contribution in [-0.2, 0) is 4.43 Å². The zero-order valence-corrected chi connectivity index (χ0v) is 14.4. The van der Waals surface area contributed by atoms with Gasteiger partial charge in [-0.1, -0.05) is 32.6 Å². The molecule has 0 aromatic carbocycles. The van der Waals surface area contributed by atoms with Crippen molar-refractivity contribution in [2.45, 2.75) is 64.8 Å². The summed E-state index contributed by atoms with van der Waals surface area (Å²) in [7, 11) is -1.45. The Morgan fingerprint density at radius 1 is 1.28 bits per heavy atom. The fourth-order valence-corrected chi connectivity index (χ4v) is 3.77. The number of unbranched alkanes of at least 4 members (excludes halogenated alkanes) is 3. The first-order valence-corrected chi connectivity index (χ1v) is 10.9. The maximum atomic E-state index is 6.29. The minimum absolute atomic E-state index is 0. The maximum absolute atomic E-state index is 6.29. The van der Waals surface area contributed by atoms with E-state index < -0.39 is 8.32 Å². The Hall–Kier alpha value is 0.474. The molecule has 0 bridgehead atoms. The van der Waals surface area contributed by atoms with Gasteiger partial charge in [-0.25, -0.2) is 12.1 Å². The van der Waals surface area contributed by atoms with Crippen LogP contribution in [0.25, 0.3) is 0 Å². The third kappa shape index (κ3) is 7.81. The van der Waals surface area contributed by atoms with Crippen molar-refractivity contribution in [3.8, 4) is 0 Å². The number of thiophene rings is 1. The molecule has 1 atom stereocenters. The van der Waals surface area contributed by atoms with Crippen LogP contribution in [0.2, 0.25) is 19.6 Å². The summed E-state index contributed by atoms with van der Waals surface area (Å²) < 4.78 is 6.29. The van der Waals surface area contributed by atoms with Gasteiger partial charge in [0.25, 0.3) is 0 Å². The molecular formula is C14H25LiOSSi. The van der Waals surface area contributed by atoms with Crippen LogP contribution in [0.1, 0.15) is 50.0 Å². The average Bonchev–Trinajstić information content (AvgIpc) is 2.74. The molecule has 0 saturated carbocycles. The van der Waals surface area contributed by atoms with Crippen LogP contribution in [0.3, 0.4) is 0 Å². The summed E-state index contributed by atoms with van der Waals surface area (Å²) in [6.45, 7) is 9.06. The van der Waals surface area contributed by atoms with Crippen molar-refractivity contribution in [2.24, 2.45) is 0 Å². The molecule has 0 saturated heterocycles. The molecule has 1 nitrogen and oxygen atoms in total. The van der Waals surface area contributed by atoms with Crippen LogP contribution in [0, 0.1) is 6.07 Å². The summed E-state index contributed by atoms with van der Waals surface area (Å²) in [5.74, 6) is 0. The molecule has 0 spiro atoms. The first-order valence-electron chi connectivity index (χ1n) is 6.65. The Morgan fingerprint density at radius 2 is 2.00 bits per heavy atom. The standard InChI is InChI=1S/C14H25OSSi.Li/c1-5-6-7-8-10-13(15-17(2,3)4)14-11-9-12-16-14;/h11-13H,5-8,10H2,1-4H3;/q-1;+1. The molecule has 1 aromatic rings. The van der Waals surface area contributed by atoms with E-state index in [1.165, 1.54) is 37.0 Å². The first kappa shape index (κ1) is 18.5. The maximum Gasteiger partial charge on any atom is 1.00 e. The molecule has 18 heavy (non-hydrogen) atoms. The average molecular weight is 276 g/mol. The van der Waals surface area contributed by atoms with E-state index in [2.05, 4.69) is 38.7 Å². The van der Waals surface area contributed by atoms with E-state index in [0.717, 1.165) is 0 Å². The zero-order chi connectivity index (χ0) is 12.7. The Labute approximate surface area is 130 Å². The number of hydrogen-bond acceptors (Lipinski definition) is 2. The van der Waals surface area contributed by atoms with Gasteiger partial charge >= 0.3 is 18.9 Å². The van der Waals surface area contributed by atoms with Crippen LogP contribution in [0.4, 0.5) is 0 Å². The van der Waals surface area contributed by atoms with Gasteiger partial charge < -0.3 is 4.43 Å². The van der Waals surface area contributed by atoms with E-state index >= 15 is 0 Å². The van der Waals surface area contributed by atoms with Crippen LogP contribution < -0.4 is 18.9 Å². The Morgan fingerprint density at radius 3 is 2.50 bits per heavy atom. The normalized spacial score (nSPS) is 13.1. The Balaban J connectivity index is 0.00000289. The predicted molar refractivity (Wildman–Crippen MR) is 79.1 cm³/mol. The minimum Gasteiger partial charge on any atom is -0.426 e. The van der Waals surface area contributed by atoms with E-state index in [1.807, 2.05) is 5.38 Å². The Bertz CT molecular complexity index is 295. The van der Waals surface area contributed by atoms with Crippen molar-refractivity contribution >= 4 is 19.7 Å². The molecule has 0 radical (unpaired) electrons. The van der Waals surface area contributed by atoms with E-state index in [9.17, 15) is 0 Å². The SMILES string of the molecule is CCCCCCC(O[Si](C)(C)C)c1c[c-]cs1.[Li+]. The fourth-order valence-electron chi connectivity index (χ4n) is 1.86. The number of rotatable bonds is 8. The van der Waals surface area contributed by atoms with Gasteiger partial charge in [0.2, 0.25) is 0 Å². The van der Waals surface area contributed by atoms with Crippen LogP contribution >= 0.6 is 11.3 Å². The molecule has 98 valence electrons. The van der Waals surface area contributed by atoms with Gasteiger partial charge in [0, 0.05) is 6.10 Å². The van der Waals surface area contributed by atoms with Crippen LogP contribution in [-0.4, -0.2) is 8.32 Å². The van der Waals surface area contributed by atoms with Gasteiger partial charge in [0.15, 0.2) is 8.32 Å². The summed E-state index contributed by atoms with van der Waals surface area (Å²) in [5.41, 5.74) is 0. The largest absolute Gasteiger partial charge is 1.00 e. The quantitative estimate of drug-likeness (QED) is 0.402. The van der Waals surface area contributed by atoms with Crippen molar-refractivity contribution in [2.75, 3.05) is 0 Å². The summed E-state index contributed by atoms with van der Waals surface area (Å²) in [4.78, 5) is 1.35. The van der Waals surface area contributed by atoms with E-state index in [1.54, 1.807) is 11.3 Å². The monoisotopic (exact) mass is 276 g/mol. The molecule has 0 aliphatic rings. The van der Waals surface area contributed by atoms with Crippen LogP contribution in [0.15, 0.2) is 11.4 Å². The van der Waals surface area contributed by atoms with Gasteiger partial charge in [-0.05, 0) is 26.1 Å². The van der Waals surface area contributed by atoms with Crippen molar-refractivity contribution in [1.29, 1.82) is 0 Å². The second-order valence-corrected chi connectivity index (χ2v) is 10.9. The van der Waals surface area contributed by atoms with Gasteiger partial charge in [-0.2, -0.15) is 0 Å². The topological polar surface area (TPSA) is 9.23 Å². The Kier molecular flexibility index (Phi) is 9.64. The molecule has 1 unspecified atom stereocenters. The van der Waals surface area contributed by atoms with E-state index in [0.29, 0.717) is 6.10 Å². The summed E-state index contributed by atoms with van der Waals surface area (Å²) in [6.07, 6.45) is 6.73. The molecule has 1 heterocycles. The molecule has 1 rings (SSSR count). The molecule has 1 aromatic heterocycles. The molecule has 0 N–H and O–H groups in total. The molecular weight excluding hydrogens is 251 g/mol. The number of hydrogen-bond donors (Lipinski definition) is 0. The second kappa shape index (κ2) is 9.39. The molecule has 0 fully saturated rings. The summed E-state index contributed by atoms with van der Waals surface area (Å²) >= 11 is 1.78. The van der Waals surface area contributed by atoms with E-state index in [-0.39, 0.29) is 18.9 Å². The third-order valence-electron chi connectivity index (χ3n) is 2.62. The molecule has 0 aliphatic heterocycles. The molecule has 0 amide bonds. The van der Waals surface area contributed by atoms with Gasteiger partial charge in [0.05, 0.1) is 0 Å². The summed E-state index contributed by atoms with van der Waals surface area (Å²) in [5, 5.41) is 2.03. The molecule has 0 aliphatic carbocycles. The predicted octanol–water partition coefficient (Wildman–Crippen LogP) is 2.42. The van der Waals surface area contributed by atoms with Crippen molar-refractivity contribution < 1.29 is 23.3 Å². The van der Waals surface area contributed by atoms with Crippen molar-refractivity contribution in [1.82, 2.24) is 0 Å².